The summed E-state index contributed by atoms with van der Waals surface area (Å²) < 4.78 is 6.40. The summed E-state index contributed by atoms with van der Waals surface area (Å²) in [5.74, 6) is -1.83. The van der Waals surface area contributed by atoms with Gasteiger partial charge in [0.1, 0.15) is 11.2 Å². The first-order chi connectivity index (χ1) is 13.0. The first kappa shape index (κ1) is 20.6. The molecule has 150 valence electrons. The molecule has 1 heterocycles. The van der Waals surface area contributed by atoms with E-state index in [1.54, 1.807) is 13.8 Å². The van der Waals surface area contributed by atoms with Crippen LogP contribution in [0.25, 0.3) is 0 Å². The third-order valence-corrected chi connectivity index (χ3v) is 6.23. The van der Waals surface area contributed by atoms with Crippen LogP contribution in [0.2, 0.25) is 0 Å². The Morgan fingerprint density at radius 1 is 1.00 bits per heavy atom. The van der Waals surface area contributed by atoms with Crippen molar-refractivity contribution < 1.29 is 19.7 Å². The monoisotopic (exact) mass is 381 g/mol. The van der Waals surface area contributed by atoms with Crippen molar-refractivity contribution in [2.75, 3.05) is 0 Å². The highest BCUT2D eigenvalue weighted by Gasteiger charge is 2.56. The smallest absolute Gasteiger partial charge is 0.143 e. The Bertz CT molecular complexity index is 806. The van der Waals surface area contributed by atoms with Crippen LogP contribution in [0.15, 0.2) is 48.5 Å². The van der Waals surface area contributed by atoms with Crippen molar-refractivity contribution in [1.82, 2.24) is 0 Å². The van der Waals surface area contributed by atoms with E-state index in [2.05, 4.69) is 0 Å². The molecule has 3 rings (SSSR count). The zero-order valence-electron chi connectivity index (χ0n) is 17.3. The Morgan fingerprint density at radius 3 is 1.79 bits per heavy atom. The molecule has 0 spiro atoms. The number of carbonyl (C=O) groups excluding carboxylic acids is 1. The molecule has 4 heteroatoms. The fraction of sp³-hybridized carbons (Fsp3) is 0.458. The van der Waals surface area contributed by atoms with Crippen molar-refractivity contribution >= 4 is 5.97 Å². The SMILES string of the molecule is Cc1ccc(C(O)(c2ccc(C)cc2)[C@@]2(C)CC[C@@H](C(=O)[O-])C(C)(C)O2)cc1. The number of carboxylic acid groups (broad SMARTS) is 1. The van der Waals surface area contributed by atoms with Gasteiger partial charge in [0, 0.05) is 11.9 Å². The van der Waals surface area contributed by atoms with Crippen LogP contribution in [0, 0.1) is 19.8 Å². The summed E-state index contributed by atoms with van der Waals surface area (Å²) in [6.07, 6.45) is 0.777. The summed E-state index contributed by atoms with van der Waals surface area (Å²) in [4.78, 5) is 11.6. The quantitative estimate of drug-likeness (QED) is 0.883. The van der Waals surface area contributed by atoms with Gasteiger partial charge in [-0.2, -0.15) is 0 Å². The molecule has 2 aromatic rings. The lowest BCUT2D eigenvalue weighted by molar-refractivity contribution is -0.330. The number of benzene rings is 2. The normalized spacial score (nSPS) is 24.7. The number of rotatable bonds is 4. The number of aryl methyl sites for hydroxylation is 2. The van der Waals surface area contributed by atoms with Crippen molar-refractivity contribution in [2.45, 2.75) is 64.3 Å². The standard InChI is InChI=1S/C24H30O4/c1-16-6-10-18(11-7-16)24(27,19-12-8-17(2)9-13-19)23(5)15-14-20(21(25)26)22(3,4)28-23/h6-13,20,27H,14-15H2,1-5H3,(H,25,26)/p-1/t20-,23+/m0/s1. The van der Waals surface area contributed by atoms with Crippen LogP contribution >= 0.6 is 0 Å². The fourth-order valence-corrected chi connectivity index (χ4v) is 4.49. The molecule has 0 saturated carbocycles. The van der Waals surface area contributed by atoms with Crippen molar-refractivity contribution in [3.05, 3.63) is 70.8 Å². The molecule has 2 atom stereocenters. The van der Waals surface area contributed by atoms with Gasteiger partial charge in [-0.05, 0) is 58.6 Å². The Morgan fingerprint density at radius 2 is 1.43 bits per heavy atom. The summed E-state index contributed by atoms with van der Waals surface area (Å²) in [6.45, 7) is 9.40. The largest absolute Gasteiger partial charge is 0.550 e. The summed E-state index contributed by atoms with van der Waals surface area (Å²) in [5.41, 5.74) is 0.258. The molecule has 0 amide bonds. The van der Waals surface area contributed by atoms with Gasteiger partial charge in [-0.15, -0.1) is 0 Å². The number of carboxylic acids is 1. The predicted octanol–water partition coefficient (Wildman–Crippen LogP) is 3.25. The highest BCUT2D eigenvalue weighted by molar-refractivity contribution is 5.69. The number of aliphatic carboxylic acids is 1. The second kappa shape index (κ2) is 7.02. The second-order valence-corrected chi connectivity index (χ2v) is 8.79. The molecule has 4 nitrogen and oxygen atoms in total. The fourth-order valence-electron chi connectivity index (χ4n) is 4.49. The molecular weight excluding hydrogens is 352 g/mol. The van der Waals surface area contributed by atoms with Crippen LogP contribution in [0.4, 0.5) is 0 Å². The number of aliphatic hydroxyl groups is 1. The van der Waals surface area contributed by atoms with Gasteiger partial charge in [0.15, 0.2) is 0 Å². The van der Waals surface area contributed by atoms with Crippen LogP contribution < -0.4 is 5.11 Å². The van der Waals surface area contributed by atoms with Crippen LogP contribution in [-0.2, 0) is 15.1 Å². The maximum absolute atomic E-state index is 12.2. The molecule has 0 aliphatic carbocycles. The van der Waals surface area contributed by atoms with Crippen molar-refractivity contribution in [1.29, 1.82) is 0 Å². The van der Waals surface area contributed by atoms with Crippen molar-refractivity contribution in [3.8, 4) is 0 Å². The van der Waals surface area contributed by atoms with Gasteiger partial charge in [-0.3, -0.25) is 0 Å². The number of hydrogen-bond acceptors (Lipinski definition) is 4. The molecule has 1 aliphatic rings. The average Bonchev–Trinajstić information content (AvgIpc) is 2.61. The Kier molecular flexibility index (Phi) is 5.15. The summed E-state index contributed by atoms with van der Waals surface area (Å²) >= 11 is 0. The van der Waals surface area contributed by atoms with E-state index in [1.165, 1.54) is 0 Å². The van der Waals surface area contributed by atoms with Crippen LogP contribution in [0.3, 0.4) is 0 Å². The minimum absolute atomic E-state index is 0.381. The molecule has 1 saturated heterocycles. The minimum Gasteiger partial charge on any atom is -0.550 e. The third-order valence-electron chi connectivity index (χ3n) is 6.23. The molecule has 0 aromatic heterocycles. The summed E-state index contributed by atoms with van der Waals surface area (Å²) in [7, 11) is 0. The van der Waals surface area contributed by atoms with Crippen LogP contribution in [0.5, 0.6) is 0 Å². The van der Waals surface area contributed by atoms with Gasteiger partial charge in [-0.25, -0.2) is 0 Å². The Labute approximate surface area is 167 Å². The molecule has 1 fully saturated rings. The zero-order valence-corrected chi connectivity index (χ0v) is 17.3. The number of ether oxygens (including phenoxy) is 1. The summed E-state index contributed by atoms with van der Waals surface area (Å²) in [5, 5.41) is 23.8. The topological polar surface area (TPSA) is 69.6 Å². The predicted molar refractivity (Wildman–Crippen MR) is 107 cm³/mol. The van der Waals surface area contributed by atoms with Gasteiger partial charge in [0.05, 0.1) is 5.60 Å². The molecular formula is C24H29O4-. The Hall–Kier alpha value is -2.17. The van der Waals surface area contributed by atoms with Crippen LogP contribution in [-0.4, -0.2) is 22.3 Å². The zero-order chi connectivity index (χ0) is 20.7. The van der Waals surface area contributed by atoms with E-state index in [0.29, 0.717) is 12.8 Å². The lowest BCUT2D eigenvalue weighted by atomic mass is 9.67. The van der Waals surface area contributed by atoms with Gasteiger partial charge in [0.25, 0.3) is 0 Å². The molecule has 2 aromatic carbocycles. The maximum atomic E-state index is 12.2. The van der Waals surface area contributed by atoms with Gasteiger partial charge in [0.2, 0.25) is 0 Å². The van der Waals surface area contributed by atoms with E-state index >= 15 is 0 Å². The van der Waals surface area contributed by atoms with E-state index in [0.717, 1.165) is 22.3 Å². The van der Waals surface area contributed by atoms with E-state index in [9.17, 15) is 15.0 Å². The lowest BCUT2D eigenvalue weighted by Crippen LogP contribution is -2.62. The Balaban J connectivity index is 2.15. The molecule has 28 heavy (non-hydrogen) atoms. The highest BCUT2D eigenvalue weighted by Crippen LogP contribution is 2.51. The number of carbonyl (C=O) groups is 1. The molecule has 1 N–H and O–H groups in total. The van der Waals surface area contributed by atoms with Crippen LogP contribution in [0.1, 0.15) is 55.9 Å². The first-order valence-electron chi connectivity index (χ1n) is 9.77. The highest BCUT2D eigenvalue weighted by atomic mass is 16.5. The van der Waals surface area contributed by atoms with Gasteiger partial charge in [-0.1, -0.05) is 59.7 Å². The summed E-state index contributed by atoms with van der Waals surface area (Å²) in [6, 6.07) is 15.5. The lowest BCUT2D eigenvalue weighted by Gasteiger charge is -2.55. The van der Waals surface area contributed by atoms with Crippen molar-refractivity contribution in [2.24, 2.45) is 5.92 Å². The van der Waals surface area contributed by atoms with E-state index in [1.807, 2.05) is 69.3 Å². The third kappa shape index (κ3) is 3.36. The molecule has 0 unspecified atom stereocenters. The molecule has 0 bridgehead atoms. The van der Waals surface area contributed by atoms with E-state index in [-0.39, 0.29) is 0 Å². The van der Waals surface area contributed by atoms with Gasteiger partial charge < -0.3 is 19.7 Å². The van der Waals surface area contributed by atoms with Gasteiger partial charge >= 0.3 is 0 Å². The maximum Gasteiger partial charge on any atom is 0.143 e. The first-order valence-corrected chi connectivity index (χ1v) is 9.77. The van der Waals surface area contributed by atoms with E-state index in [4.69, 9.17) is 4.74 Å². The average molecular weight is 381 g/mol. The minimum atomic E-state index is -1.43. The molecule has 0 radical (unpaired) electrons. The van der Waals surface area contributed by atoms with Crippen molar-refractivity contribution in [3.63, 3.8) is 0 Å². The second-order valence-electron chi connectivity index (χ2n) is 8.79. The van der Waals surface area contributed by atoms with E-state index < -0.39 is 28.7 Å². The molecule has 1 aliphatic heterocycles. The number of hydrogen-bond donors (Lipinski definition) is 1.